The molecule has 2 amide bonds. The third kappa shape index (κ3) is 4.69. The van der Waals surface area contributed by atoms with Gasteiger partial charge in [-0.15, -0.1) is 0 Å². The van der Waals surface area contributed by atoms with Crippen LogP contribution in [0.15, 0.2) is 24.3 Å². The van der Waals surface area contributed by atoms with E-state index in [-0.39, 0.29) is 17.9 Å². The van der Waals surface area contributed by atoms with Crippen molar-refractivity contribution in [2.75, 3.05) is 31.2 Å². The first-order chi connectivity index (χ1) is 11.1. The van der Waals surface area contributed by atoms with Gasteiger partial charge in [-0.05, 0) is 31.9 Å². The molecule has 1 unspecified atom stereocenters. The van der Waals surface area contributed by atoms with Crippen molar-refractivity contribution in [3.63, 3.8) is 0 Å². The Morgan fingerprint density at radius 2 is 2.17 bits per heavy atom. The predicted octanol–water partition coefficient (Wildman–Crippen LogP) is 1.73. The highest BCUT2D eigenvalue weighted by Gasteiger charge is 2.23. The van der Waals surface area contributed by atoms with Gasteiger partial charge in [-0.3, -0.25) is 9.59 Å². The molecule has 1 aliphatic rings. The Hall–Kier alpha value is -2.08. The Balaban J connectivity index is 1.96. The van der Waals surface area contributed by atoms with E-state index in [2.05, 4.69) is 5.32 Å². The van der Waals surface area contributed by atoms with Crippen LogP contribution in [-0.4, -0.2) is 44.2 Å². The fourth-order valence-electron chi connectivity index (χ4n) is 2.59. The molecule has 0 bridgehead atoms. The molecule has 0 aromatic heterocycles. The maximum absolute atomic E-state index is 12.0. The number of rotatable bonds is 7. The lowest BCUT2D eigenvalue weighted by Gasteiger charge is -2.24. The van der Waals surface area contributed by atoms with Crippen LogP contribution in [0.4, 0.5) is 5.69 Å². The van der Waals surface area contributed by atoms with E-state index in [0.717, 1.165) is 12.8 Å². The predicted molar refractivity (Wildman–Crippen MR) is 87.6 cm³/mol. The summed E-state index contributed by atoms with van der Waals surface area (Å²) in [4.78, 5) is 25.5. The van der Waals surface area contributed by atoms with E-state index in [1.54, 1.807) is 4.90 Å². The zero-order valence-electron chi connectivity index (χ0n) is 13.7. The molecule has 6 heteroatoms. The van der Waals surface area contributed by atoms with Crippen molar-refractivity contribution in [2.45, 2.75) is 32.8 Å². The van der Waals surface area contributed by atoms with Crippen molar-refractivity contribution in [3.05, 3.63) is 24.3 Å². The third-order valence-corrected chi connectivity index (χ3v) is 3.69. The Bertz CT molecular complexity index is 541. The van der Waals surface area contributed by atoms with Gasteiger partial charge in [0.15, 0.2) is 0 Å². The fourth-order valence-corrected chi connectivity index (χ4v) is 2.59. The van der Waals surface area contributed by atoms with Gasteiger partial charge in [-0.25, -0.2) is 0 Å². The molecule has 1 fully saturated rings. The molecule has 126 valence electrons. The van der Waals surface area contributed by atoms with Crippen LogP contribution in [0.5, 0.6) is 5.75 Å². The maximum atomic E-state index is 12.0. The molecule has 0 spiro atoms. The molecule has 1 aromatic rings. The minimum atomic E-state index is -0.350. The van der Waals surface area contributed by atoms with Crippen molar-refractivity contribution < 1.29 is 19.1 Å². The van der Waals surface area contributed by atoms with Gasteiger partial charge in [0.05, 0.1) is 12.3 Å². The molecule has 1 aromatic carbocycles. The van der Waals surface area contributed by atoms with Gasteiger partial charge in [0, 0.05) is 26.6 Å². The number of hydrogen-bond donors (Lipinski definition) is 1. The molecule has 6 nitrogen and oxygen atoms in total. The standard InChI is InChI=1S/C17H24N2O4/c1-3-22-15-8-5-4-7-14(15)19(13(2)20)11-10-18-17(21)16-9-6-12-23-16/h4-5,7-8,16H,3,6,9-12H2,1-2H3,(H,18,21). The van der Waals surface area contributed by atoms with E-state index in [0.29, 0.717) is 37.7 Å². The highest BCUT2D eigenvalue weighted by Crippen LogP contribution is 2.27. The fraction of sp³-hybridized carbons (Fsp3) is 0.529. The van der Waals surface area contributed by atoms with E-state index in [4.69, 9.17) is 9.47 Å². The number of nitrogens with one attached hydrogen (secondary N) is 1. The summed E-state index contributed by atoms with van der Waals surface area (Å²) in [6.07, 6.45) is 1.32. The van der Waals surface area contributed by atoms with Gasteiger partial charge in [-0.2, -0.15) is 0 Å². The number of carbonyl (C=O) groups excluding carboxylic acids is 2. The lowest BCUT2D eigenvalue weighted by Crippen LogP contribution is -2.41. The molecule has 2 rings (SSSR count). The minimum absolute atomic E-state index is 0.0940. The summed E-state index contributed by atoms with van der Waals surface area (Å²) in [6, 6.07) is 7.40. The second kappa shape index (κ2) is 8.53. The van der Waals surface area contributed by atoms with Crippen LogP contribution in [0.1, 0.15) is 26.7 Å². The van der Waals surface area contributed by atoms with E-state index < -0.39 is 0 Å². The molecule has 0 aliphatic carbocycles. The van der Waals surface area contributed by atoms with Gasteiger partial charge in [0.25, 0.3) is 0 Å². The summed E-state index contributed by atoms with van der Waals surface area (Å²) in [7, 11) is 0. The molecule has 1 aliphatic heterocycles. The highest BCUT2D eigenvalue weighted by molar-refractivity contribution is 5.93. The topological polar surface area (TPSA) is 67.9 Å². The lowest BCUT2D eigenvalue weighted by atomic mass is 10.2. The molecular weight excluding hydrogens is 296 g/mol. The van der Waals surface area contributed by atoms with E-state index >= 15 is 0 Å². The summed E-state index contributed by atoms with van der Waals surface area (Å²) >= 11 is 0. The van der Waals surface area contributed by atoms with E-state index in [9.17, 15) is 9.59 Å². The monoisotopic (exact) mass is 320 g/mol. The number of nitrogens with zero attached hydrogens (tertiary/aromatic N) is 1. The largest absolute Gasteiger partial charge is 0.492 e. The summed E-state index contributed by atoms with van der Waals surface area (Å²) < 4.78 is 10.9. The molecule has 1 atom stereocenters. The van der Waals surface area contributed by atoms with E-state index in [1.807, 2.05) is 31.2 Å². The molecule has 1 N–H and O–H groups in total. The average molecular weight is 320 g/mol. The van der Waals surface area contributed by atoms with E-state index in [1.165, 1.54) is 6.92 Å². The Morgan fingerprint density at radius 3 is 2.83 bits per heavy atom. The normalized spacial score (nSPS) is 16.9. The van der Waals surface area contributed by atoms with Crippen molar-refractivity contribution >= 4 is 17.5 Å². The number of hydrogen-bond acceptors (Lipinski definition) is 4. The van der Waals surface area contributed by atoms with Crippen molar-refractivity contribution in [3.8, 4) is 5.75 Å². The van der Waals surface area contributed by atoms with Crippen molar-refractivity contribution in [1.29, 1.82) is 0 Å². The molecular formula is C17H24N2O4. The van der Waals surface area contributed by atoms with Crippen LogP contribution in [0.25, 0.3) is 0 Å². The van der Waals surface area contributed by atoms with Gasteiger partial charge < -0.3 is 19.7 Å². The Labute approximate surface area is 136 Å². The smallest absolute Gasteiger partial charge is 0.249 e. The first kappa shape index (κ1) is 17.3. The molecule has 0 radical (unpaired) electrons. The van der Waals surface area contributed by atoms with Crippen LogP contribution in [0.3, 0.4) is 0 Å². The SMILES string of the molecule is CCOc1ccccc1N(CCNC(=O)C1CCCO1)C(C)=O. The maximum Gasteiger partial charge on any atom is 0.249 e. The van der Waals surface area contributed by atoms with Crippen LogP contribution in [0.2, 0.25) is 0 Å². The minimum Gasteiger partial charge on any atom is -0.492 e. The Kier molecular flexibility index (Phi) is 6.40. The summed E-state index contributed by atoms with van der Waals surface area (Å²) in [5, 5.41) is 2.83. The Morgan fingerprint density at radius 1 is 1.39 bits per heavy atom. The van der Waals surface area contributed by atoms with Gasteiger partial charge >= 0.3 is 0 Å². The summed E-state index contributed by atoms with van der Waals surface area (Å²) in [5.41, 5.74) is 0.716. The number of carbonyl (C=O) groups is 2. The van der Waals surface area contributed by atoms with Gasteiger partial charge in [0.2, 0.25) is 11.8 Å². The summed E-state index contributed by atoms with van der Waals surface area (Å²) in [5.74, 6) is 0.461. The number of para-hydroxylation sites is 2. The second-order valence-electron chi connectivity index (χ2n) is 5.36. The molecule has 0 saturated carbocycles. The number of amides is 2. The van der Waals surface area contributed by atoms with Gasteiger partial charge in [-0.1, -0.05) is 12.1 Å². The average Bonchev–Trinajstić information content (AvgIpc) is 3.07. The van der Waals surface area contributed by atoms with Gasteiger partial charge in [0.1, 0.15) is 11.9 Å². The molecule has 23 heavy (non-hydrogen) atoms. The number of anilines is 1. The quantitative estimate of drug-likeness (QED) is 0.831. The third-order valence-electron chi connectivity index (χ3n) is 3.69. The molecule has 1 saturated heterocycles. The first-order valence-electron chi connectivity index (χ1n) is 8.02. The molecule has 1 heterocycles. The number of benzene rings is 1. The second-order valence-corrected chi connectivity index (χ2v) is 5.36. The summed E-state index contributed by atoms with van der Waals surface area (Å²) in [6.45, 7) is 5.33. The zero-order chi connectivity index (χ0) is 16.7. The van der Waals surface area contributed by atoms with Crippen LogP contribution < -0.4 is 15.0 Å². The highest BCUT2D eigenvalue weighted by atomic mass is 16.5. The lowest BCUT2D eigenvalue weighted by molar-refractivity contribution is -0.130. The van der Waals surface area contributed by atoms with Crippen LogP contribution in [0, 0.1) is 0 Å². The van der Waals surface area contributed by atoms with Crippen LogP contribution in [-0.2, 0) is 14.3 Å². The van der Waals surface area contributed by atoms with Crippen molar-refractivity contribution in [2.24, 2.45) is 0 Å². The van der Waals surface area contributed by atoms with Crippen LogP contribution >= 0.6 is 0 Å². The number of ether oxygens (including phenoxy) is 2. The first-order valence-corrected chi connectivity index (χ1v) is 8.02. The van der Waals surface area contributed by atoms with Crippen molar-refractivity contribution in [1.82, 2.24) is 5.32 Å². The zero-order valence-corrected chi connectivity index (χ0v) is 13.7.